The number of para-hydroxylation sites is 1. The Kier molecular flexibility index (Phi) is 7.45. The lowest BCUT2D eigenvalue weighted by atomic mass is 10.2. The highest BCUT2D eigenvalue weighted by atomic mass is 19.1. The first kappa shape index (κ1) is 15.9. The maximum absolute atomic E-state index is 13.8. The Morgan fingerprint density at radius 1 is 1.26 bits per heavy atom. The molecule has 0 unspecified atom stereocenters. The van der Waals surface area contributed by atoms with Gasteiger partial charge in [-0.15, -0.1) is 0 Å². The molecule has 1 rings (SSSR count). The van der Waals surface area contributed by atoms with Crippen LogP contribution in [0.15, 0.2) is 18.2 Å². The Morgan fingerprint density at radius 3 is 2.74 bits per heavy atom. The monoisotopic (exact) mass is 269 g/mol. The zero-order valence-corrected chi connectivity index (χ0v) is 12.0. The minimum Gasteiger partial charge on any atom is -0.490 e. The highest BCUT2D eigenvalue weighted by molar-refractivity contribution is 5.34. The third-order valence-electron chi connectivity index (χ3n) is 2.63. The lowest BCUT2D eigenvalue weighted by molar-refractivity contribution is 0.130. The number of nitrogens with one attached hydrogen (secondary N) is 1. The van der Waals surface area contributed by atoms with E-state index < -0.39 is 0 Å². The van der Waals surface area contributed by atoms with Gasteiger partial charge >= 0.3 is 0 Å². The van der Waals surface area contributed by atoms with Crippen LogP contribution >= 0.6 is 0 Å². The predicted octanol–water partition coefficient (Wildman–Crippen LogP) is 3.13. The predicted molar refractivity (Wildman–Crippen MR) is 75.0 cm³/mol. The summed E-state index contributed by atoms with van der Waals surface area (Å²) in [4.78, 5) is 0. The van der Waals surface area contributed by atoms with E-state index in [9.17, 15) is 4.39 Å². The average molecular weight is 269 g/mol. The van der Waals surface area contributed by atoms with Gasteiger partial charge < -0.3 is 14.8 Å². The molecule has 0 aliphatic heterocycles. The summed E-state index contributed by atoms with van der Waals surface area (Å²) in [5.74, 6) is 0.0478. The normalized spacial score (nSPS) is 11.0. The second kappa shape index (κ2) is 8.88. The third kappa shape index (κ3) is 6.03. The summed E-state index contributed by atoms with van der Waals surface area (Å²) in [6.45, 7) is 8.48. The molecule has 0 aliphatic rings. The molecule has 0 aliphatic carbocycles. The maximum Gasteiger partial charge on any atom is 0.165 e. The highest BCUT2D eigenvalue weighted by Crippen LogP contribution is 2.22. The summed E-state index contributed by atoms with van der Waals surface area (Å²) < 4.78 is 24.5. The number of benzene rings is 1. The summed E-state index contributed by atoms with van der Waals surface area (Å²) in [5.41, 5.74) is 0.852. The van der Waals surface area contributed by atoms with Gasteiger partial charge in [-0.25, -0.2) is 4.39 Å². The SMILES string of the molecule is CCOCCCOc1c(F)cccc1CNC(C)C. The molecule has 0 fully saturated rings. The highest BCUT2D eigenvalue weighted by Gasteiger charge is 2.09. The third-order valence-corrected chi connectivity index (χ3v) is 2.63. The molecule has 1 N–H and O–H groups in total. The minimum absolute atomic E-state index is 0.306. The van der Waals surface area contributed by atoms with Crippen molar-refractivity contribution in [2.24, 2.45) is 0 Å². The van der Waals surface area contributed by atoms with Crippen LogP contribution in [0.1, 0.15) is 32.8 Å². The standard InChI is InChI=1S/C15H24FNO2/c1-4-18-9-6-10-19-15-13(11-17-12(2)3)7-5-8-14(15)16/h5,7-8,12,17H,4,6,9-11H2,1-3H3. The number of ether oxygens (including phenoxy) is 2. The number of halogens is 1. The molecule has 0 aromatic heterocycles. The van der Waals surface area contributed by atoms with E-state index in [1.54, 1.807) is 6.07 Å². The van der Waals surface area contributed by atoms with Crippen molar-refractivity contribution in [3.63, 3.8) is 0 Å². The van der Waals surface area contributed by atoms with Gasteiger partial charge in [-0.1, -0.05) is 26.0 Å². The zero-order valence-electron chi connectivity index (χ0n) is 12.0. The van der Waals surface area contributed by atoms with E-state index in [1.807, 2.05) is 13.0 Å². The topological polar surface area (TPSA) is 30.5 Å². The second-order valence-electron chi connectivity index (χ2n) is 4.66. The van der Waals surface area contributed by atoms with E-state index >= 15 is 0 Å². The van der Waals surface area contributed by atoms with E-state index in [4.69, 9.17) is 9.47 Å². The number of hydrogen-bond donors (Lipinski definition) is 1. The molecule has 1 aromatic carbocycles. The Balaban J connectivity index is 2.54. The molecule has 0 atom stereocenters. The van der Waals surface area contributed by atoms with Gasteiger partial charge in [0.2, 0.25) is 0 Å². The second-order valence-corrected chi connectivity index (χ2v) is 4.66. The van der Waals surface area contributed by atoms with Gasteiger partial charge in [-0.05, 0) is 13.0 Å². The number of hydrogen-bond acceptors (Lipinski definition) is 3. The Bertz CT molecular complexity index is 369. The zero-order chi connectivity index (χ0) is 14.1. The molecule has 19 heavy (non-hydrogen) atoms. The van der Waals surface area contributed by atoms with Crippen molar-refractivity contribution >= 4 is 0 Å². The van der Waals surface area contributed by atoms with Crippen LogP contribution in [0.2, 0.25) is 0 Å². The Morgan fingerprint density at radius 2 is 2.05 bits per heavy atom. The lowest BCUT2D eigenvalue weighted by Crippen LogP contribution is -2.22. The van der Waals surface area contributed by atoms with Crippen LogP contribution in [-0.2, 0) is 11.3 Å². The van der Waals surface area contributed by atoms with Crippen LogP contribution < -0.4 is 10.1 Å². The molecule has 108 valence electrons. The van der Waals surface area contributed by atoms with Crippen LogP contribution in [0.4, 0.5) is 4.39 Å². The molecule has 0 bridgehead atoms. The average Bonchev–Trinajstić information content (AvgIpc) is 2.38. The molecule has 0 saturated carbocycles. The van der Waals surface area contributed by atoms with Crippen molar-refractivity contribution in [2.75, 3.05) is 19.8 Å². The lowest BCUT2D eigenvalue weighted by Gasteiger charge is -2.14. The van der Waals surface area contributed by atoms with Gasteiger partial charge in [0.15, 0.2) is 11.6 Å². The van der Waals surface area contributed by atoms with Gasteiger partial charge in [0.05, 0.1) is 6.61 Å². The van der Waals surface area contributed by atoms with Crippen molar-refractivity contribution < 1.29 is 13.9 Å². The molecule has 0 heterocycles. The summed E-state index contributed by atoms with van der Waals surface area (Å²) in [6, 6.07) is 5.38. The van der Waals surface area contributed by atoms with Crippen LogP contribution in [0.3, 0.4) is 0 Å². The minimum atomic E-state index is -0.306. The van der Waals surface area contributed by atoms with E-state index in [0.29, 0.717) is 38.2 Å². The first-order chi connectivity index (χ1) is 9.15. The molecule has 1 aromatic rings. The molecule has 0 radical (unpaired) electrons. The fourth-order valence-corrected chi connectivity index (χ4v) is 1.65. The number of rotatable bonds is 9. The van der Waals surface area contributed by atoms with Crippen LogP contribution in [0.5, 0.6) is 5.75 Å². The fourth-order valence-electron chi connectivity index (χ4n) is 1.65. The summed E-state index contributed by atoms with van der Waals surface area (Å²) in [5, 5.41) is 3.27. The van der Waals surface area contributed by atoms with Gasteiger partial charge in [-0.3, -0.25) is 0 Å². The fraction of sp³-hybridized carbons (Fsp3) is 0.600. The molecule has 0 saturated heterocycles. The Labute approximate surface area is 115 Å². The van der Waals surface area contributed by atoms with Crippen molar-refractivity contribution in [1.29, 1.82) is 0 Å². The van der Waals surface area contributed by atoms with Crippen molar-refractivity contribution in [2.45, 2.75) is 39.8 Å². The molecular weight excluding hydrogens is 245 g/mol. The van der Waals surface area contributed by atoms with Crippen molar-refractivity contribution in [1.82, 2.24) is 5.32 Å². The smallest absolute Gasteiger partial charge is 0.165 e. The summed E-state index contributed by atoms with van der Waals surface area (Å²) >= 11 is 0. The molecule has 0 spiro atoms. The van der Waals surface area contributed by atoms with Crippen LogP contribution in [-0.4, -0.2) is 25.9 Å². The maximum atomic E-state index is 13.8. The van der Waals surface area contributed by atoms with Gasteiger partial charge in [0, 0.05) is 37.8 Å². The first-order valence-corrected chi connectivity index (χ1v) is 6.86. The van der Waals surface area contributed by atoms with Crippen molar-refractivity contribution in [3.8, 4) is 5.75 Å². The van der Waals surface area contributed by atoms with E-state index in [0.717, 1.165) is 12.0 Å². The summed E-state index contributed by atoms with van der Waals surface area (Å²) in [6.07, 6.45) is 0.763. The van der Waals surface area contributed by atoms with Crippen LogP contribution in [0, 0.1) is 5.82 Å². The van der Waals surface area contributed by atoms with E-state index in [-0.39, 0.29) is 5.82 Å². The Hall–Kier alpha value is -1.13. The molecule has 3 nitrogen and oxygen atoms in total. The summed E-state index contributed by atoms with van der Waals surface area (Å²) in [7, 11) is 0. The largest absolute Gasteiger partial charge is 0.490 e. The van der Waals surface area contributed by atoms with Crippen LogP contribution in [0.25, 0.3) is 0 Å². The van der Waals surface area contributed by atoms with Gasteiger partial charge in [0.1, 0.15) is 0 Å². The van der Waals surface area contributed by atoms with Crippen molar-refractivity contribution in [3.05, 3.63) is 29.6 Å². The molecular formula is C15H24FNO2. The van der Waals surface area contributed by atoms with E-state index in [2.05, 4.69) is 19.2 Å². The quantitative estimate of drug-likeness (QED) is 0.699. The molecule has 4 heteroatoms. The van der Waals surface area contributed by atoms with E-state index in [1.165, 1.54) is 6.07 Å². The first-order valence-electron chi connectivity index (χ1n) is 6.86. The van der Waals surface area contributed by atoms with Gasteiger partial charge in [0.25, 0.3) is 0 Å². The molecule has 0 amide bonds. The van der Waals surface area contributed by atoms with Gasteiger partial charge in [-0.2, -0.15) is 0 Å².